The molecule has 0 heterocycles. The average molecular weight is 352 g/mol. The van der Waals surface area contributed by atoms with Crippen LogP contribution in [0.3, 0.4) is 0 Å². The van der Waals surface area contributed by atoms with Gasteiger partial charge in [-0.05, 0) is 42.8 Å². The summed E-state index contributed by atoms with van der Waals surface area (Å²) in [5.74, 6) is -7.41. The Hall–Kier alpha value is -2.90. The first-order chi connectivity index (χ1) is 11.9. The van der Waals surface area contributed by atoms with Gasteiger partial charge in [0.05, 0.1) is 17.5 Å². The molecule has 4 nitrogen and oxygen atoms in total. The minimum atomic E-state index is -1.68. The number of carbonyl (C=O) groups is 2. The lowest BCUT2D eigenvalue weighted by Crippen LogP contribution is -2.21. The fourth-order valence-corrected chi connectivity index (χ4v) is 2.39. The number of nitrogens with one attached hydrogen (secondary N) is 2. The van der Waals surface area contributed by atoms with Crippen LogP contribution in [0.4, 0.5) is 28.9 Å². The molecule has 1 fully saturated rings. The molecule has 0 saturated heterocycles. The molecule has 2 N–H and O–H groups in total. The third-order valence-corrected chi connectivity index (χ3v) is 3.87. The molecule has 8 heteroatoms. The Morgan fingerprint density at radius 3 is 2.04 bits per heavy atom. The standard InChI is InChI=1S/C17H12F4N2O2/c18-8-1-3-9(4-2-8)22-16(24)10-7-11(10)17(25)23-13-6-5-12(19)14(20)15(13)21/h1-6,10-11H,7H2,(H,22,24)(H,23,25). The molecule has 2 atom stereocenters. The van der Waals surface area contributed by atoms with E-state index in [9.17, 15) is 27.2 Å². The van der Waals surface area contributed by atoms with Gasteiger partial charge in [0.1, 0.15) is 5.82 Å². The molecular weight excluding hydrogens is 340 g/mol. The molecular formula is C17H12F4N2O2. The third-order valence-electron chi connectivity index (χ3n) is 3.87. The second-order valence-corrected chi connectivity index (χ2v) is 5.66. The van der Waals surface area contributed by atoms with E-state index in [0.717, 1.165) is 6.07 Å². The first-order valence-electron chi connectivity index (χ1n) is 7.37. The average Bonchev–Trinajstić information content (AvgIpc) is 3.38. The normalized spacial score (nSPS) is 18.6. The Kier molecular flexibility index (Phi) is 4.43. The zero-order valence-corrected chi connectivity index (χ0v) is 12.7. The van der Waals surface area contributed by atoms with Gasteiger partial charge in [-0.3, -0.25) is 9.59 Å². The van der Waals surface area contributed by atoms with E-state index in [4.69, 9.17) is 0 Å². The highest BCUT2D eigenvalue weighted by Gasteiger charge is 2.48. The van der Waals surface area contributed by atoms with Crippen molar-refractivity contribution in [3.05, 3.63) is 59.7 Å². The molecule has 1 aliphatic carbocycles. The molecule has 3 rings (SSSR count). The highest BCUT2D eigenvalue weighted by Crippen LogP contribution is 2.40. The Morgan fingerprint density at radius 1 is 0.800 bits per heavy atom. The summed E-state index contributed by atoms with van der Waals surface area (Å²) in [6.07, 6.45) is 0.240. The summed E-state index contributed by atoms with van der Waals surface area (Å²) in [4.78, 5) is 24.0. The summed E-state index contributed by atoms with van der Waals surface area (Å²) < 4.78 is 52.4. The second-order valence-electron chi connectivity index (χ2n) is 5.66. The summed E-state index contributed by atoms with van der Waals surface area (Å²) >= 11 is 0. The zero-order chi connectivity index (χ0) is 18.1. The fourth-order valence-electron chi connectivity index (χ4n) is 2.39. The van der Waals surface area contributed by atoms with E-state index in [2.05, 4.69) is 10.6 Å². The molecule has 130 valence electrons. The van der Waals surface area contributed by atoms with Gasteiger partial charge in [-0.25, -0.2) is 17.6 Å². The summed E-state index contributed by atoms with van der Waals surface area (Å²) in [5, 5.41) is 4.68. The van der Waals surface area contributed by atoms with E-state index in [-0.39, 0.29) is 6.42 Å². The van der Waals surface area contributed by atoms with E-state index in [1.807, 2.05) is 0 Å². The minimum Gasteiger partial charge on any atom is -0.326 e. The van der Waals surface area contributed by atoms with Gasteiger partial charge in [-0.1, -0.05) is 0 Å². The van der Waals surface area contributed by atoms with Crippen molar-refractivity contribution in [3.8, 4) is 0 Å². The number of amides is 2. The topological polar surface area (TPSA) is 58.2 Å². The number of carbonyl (C=O) groups excluding carboxylic acids is 2. The predicted octanol–water partition coefficient (Wildman–Crippen LogP) is 3.46. The number of anilines is 2. The van der Waals surface area contributed by atoms with E-state index >= 15 is 0 Å². The van der Waals surface area contributed by atoms with Crippen LogP contribution in [0.5, 0.6) is 0 Å². The monoisotopic (exact) mass is 352 g/mol. The highest BCUT2D eigenvalue weighted by molar-refractivity contribution is 6.03. The van der Waals surface area contributed by atoms with Gasteiger partial charge >= 0.3 is 0 Å². The molecule has 2 aromatic rings. The Morgan fingerprint density at radius 2 is 1.40 bits per heavy atom. The van der Waals surface area contributed by atoms with E-state index in [1.165, 1.54) is 24.3 Å². The van der Waals surface area contributed by atoms with Gasteiger partial charge < -0.3 is 10.6 Å². The van der Waals surface area contributed by atoms with Crippen LogP contribution in [0.15, 0.2) is 36.4 Å². The van der Waals surface area contributed by atoms with E-state index in [1.54, 1.807) is 0 Å². The Labute approximate surface area is 139 Å². The molecule has 1 aliphatic rings. The van der Waals surface area contributed by atoms with Crippen molar-refractivity contribution >= 4 is 23.2 Å². The van der Waals surface area contributed by atoms with Crippen molar-refractivity contribution in [2.24, 2.45) is 11.8 Å². The molecule has 0 bridgehead atoms. The van der Waals surface area contributed by atoms with Crippen molar-refractivity contribution < 1.29 is 27.2 Å². The summed E-state index contributed by atoms with van der Waals surface area (Å²) in [5.41, 5.74) is -0.113. The van der Waals surface area contributed by atoms with Gasteiger partial charge in [0.25, 0.3) is 0 Å². The van der Waals surface area contributed by atoms with Gasteiger partial charge in [0.2, 0.25) is 11.8 Å². The van der Waals surface area contributed by atoms with Crippen molar-refractivity contribution in [2.75, 3.05) is 10.6 Å². The van der Waals surface area contributed by atoms with Crippen LogP contribution in [0, 0.1) is 35.1 Å². The van der Waals surface area contributed by atoms with Crippen LogP contribution in [-0.4, -0.2) is 11.8 Å². The molecule has 1 saturated carbocycles. The highest BCUT2D eigenvalue weighted by atomic mass is 19.2. The minimum absolute atomic E-state index is 0.240. The van der Waals surface area contributed by atoms with Crippen LogP contribution >= 0.6 is 0 Å². The zero-order valence-electron chi connectivity index (χ0n) is 12.7. The summed E-state index contributed by atoms with van der Waals surface area (Å²) in [6.45, 7) is 0. The molecule has 25 heavy (non-hydrogen) atoms. The Balaban J connectivity index is 1.59. The first kappa shape index (κ1) is 16.9. The largest absolute Gasteiger partial charge is 0.326 e. The smallest absolute Gasteiger partial charge is 0.228 e. The van der Waals surface area contributed by atoms with Gasteiger partial charge in [-0.2, -0.15) is 0 Å². The molecule has 0 aromatic heterocycles. The first-order valence-corrected chi connectivity index (χ1v) is 7.37. The van der Waals surface area contributed by atoms with E-state index in [0.29, 0.717) is 11.8 Å². The van der Waals surface area contributed by atoms with Crippen molar-refractivity contribution in [1.82, 2.24) is 0 Å². The maximum Gasteiger partial charge on any atom is 0.228 e. The molecule has 0 spiro atoms. The molecule has 2 aromatic carbocycles. The van der Waals surface area contributed by atoms with Crippen molar-refractivity contribution in [3.63, 3.8) is 0 Å². The second kappa shape index (κ2) is 6.54. The van der Waals surface area contributed by atoms with Crippen LogP contribution in [0.25, 0.3) is 0 Å². The van der Waals surface area contributed by atoms with Crippen LogP contribution in [-0.2, 0) is 9.59 Å². The quantitative estimate of drug-likeness (QED) is 0.654. The predicted molar refractivity (Wildman–Crippen MR) is 81.6 cm³/mol. The number of hydrogen-bond acceptors (Lipinski definition) is 2. The van der Waals surface area contributed by atoms with Gasteiger partial charge in [0.15, 0.2) is 17.5 Å². The molecule has 2 amide bonds. The number of benzene rings is 2. The van der Waals surface area contributed by atoms with Gasteiger partial charge in [0, 0.05) is 5.69 Å². The number of hydrogen-bond donors (Lipinski definition) is 2. The lowest BCUT2D eigenvalue weighted by molar-refractivity contribution is -0.122. The molecule has 2 unspecified atom stereocenters. The lowest BCUT2D eigenvalue weighted by Gasteiger charge is -2.08. The number of halogens is 4. The summed E-state index contributed by atoms with van der Waals surface area (Å²) in [7, 11) is 0. The van der Waals surface area contributed by atoms with Crippen molar-refractivity contribution in [1.29, 1.82) is 0 Å². The third kappa shape index (κ3) is 3.62. The number of rotatable bonds is 4. The molecule has 0 radical (unpaired) electrons. The molecule has 0 aliphatic heterocycles. The van der Waals surface area contributed by atoms with Crippen molar-refractivity contribution in [2.45, 2.75) is 6.42 Å². The van der Waals surface area contributed by atoms with Crippen LogP contribution < -0.4 is 10.6 Å². The fraction of sp³-hybridized carbons (Fsp3) is 0.176. The SMILES string of the molecule is O=C(Nc1ccc(F)cc1)C1CC1C(=O)Nc1ccc(F)c(F)c1F. The summed E-state index contributed by atoms with van der Waals surface area (Å²) in [6, 6.07) is 6.71. The van der Waals surface area contributed by atoms with Gasteiger partial charge in [-0.15, -0.1) is 0 Å². The van der Waals surface area contributed by atoms with E-state index < -0.39 is 52.6 Å². The lowest BCUT2D eigenvalue weighted by atomic mass is 10.2. The van der Waals surface area contributed by atoms with Crippen LogP contribution in [0.1, 0.15) is 6.42 Å². The maximum atomic E-state index is 13.5. The van der Waals surface area contributed by atoms with Crippen LogP contribution in [0.2, 0.25) is 0 Å². The Bertz CT molecular complexity index is 839. The maximum absolute atomic E-state index is 13.5.